The second kappa shape index (κ2) is 10.3. The van der Waals surface area contributed by atoms with Gasteiger partial charge >= 0.3 is 0 Å². The molecule has 2 atom stereocenters. The monoisotopic (exact) mass is 453 g/mol. The molecule has 1 aliphatic carbocycles. The Balaban J connectivity index is 1.52. The molecule has 0 aliphatic heterocycles. The Morgan fingerprint density at radius 2 is 2.06 bits per heavy atom. The minimum absolute atomic E-state index is 0.00861. The molecule has 0 amide bonds. The van der Waals surface area contributed by atoms with E-state index in [1.165, 1.54) is 10.4 Å². The molecule has 0 bridgehead atoms. The molecule has 0 spiro atoms. The molecule has 0 saturated heterocycles. The van der Waals surface area contributed by atoms with Crippen LogP contribution in [-0.2, 0) is 25.8 Å². The quantitative estimate of drug-likeness (QED) is 0.498. The molecule has 0 radical (unpaired) electrons. The third-order valence-electron chi connectivity index (χ3n) is 6.39. The number of aliphatic hydroxyl groups excluding tert-OH is 1. The molecule has 1 aliphatic rings. The van der Waals surface area contributed by atoms with Gasteiger partial charge in [0.1, 0.15) is 10.7 Å². The molecule has 2 aromatic heterocycles. The predicted molar refractivity (Wildman–Crippen MR) is 132 cm³/mol. The fraction of sp³-hybridized carbons (Fsp3) is 0.538. The number of aromatic nitrogens is 2. The van der Waals surface area contributed by atoms with Crippen LogP contribution in [0.4, 0.5) is 0 Å². The van der Waals surface area contributed by atoms with Crippen LogP contribution in [0.15, 0.2) is 35.1 Å². The summed E-state index contributed by atoms with van der Waals surface area (Å²) in [6, 6.07) is 10.1. The lowest BCUT2D eigenvalue weighted by Crippen LogP contribution is -2.35. The molecule has 2 heterocycles. The van der Waals surface area contributed by atoms with Crippen molar-refractivity contribution in [2.24, 2.45) is 11.8 Å². The third kappa shape index (κ3) is 5.66. The van der Waals surface area contributed by atoms with Crippen molar-refractivity contribution in [3.05, 3.63) is 62.5 Å². The highest BCUT2D eigenvalue weighted by Gasteiger charge is 2.23. The number of fused-ring (bicyclic) bond motifs is 3. The Morgan fingerprint density at radius 1 is 1.28 bits per heavy atom. The summed E-state index contributed by atoms with van der Waals surface area (Å²) in [7, 11) is 0. The molecule has 32 heavy (non-hydrogen) atoms. The van der Waals surface area contributed by atoms with Crippen molar-refractivity contribution in [2.75, 3.05) is 13.1 Å². The van der Waals surface area contributed by atoms with Crippen molar-refractivity contribution >= 4 is 21.6 Å². The van der Waals surface area contributed by atoms with E-state index in [1.54, 1.807) is 11.3 Å². The van der Waals surface area contributed by atoms with Crippen LogP contribution < -0.4 is 5.56 Å². The molecule has 0 unspecified atom stereocenters. The summed E-state index contributed by atoms with van der Waals surface area (Å²) in [6.07, 6.45) is 4.37. The number of H-pyrrole nitrogens is 1. The third-order valence-corrected chi connectivity index (χ3v) is 7.54. The summed E-state index contributed by atoms with van der Waals surface area (Å²) in [4.78, 5) is 25.3. The number of aryl methyl sites for hydroxylation is 1. The average Bonchev–Trinajstić information content (AvgIpc) is 3.10. The van der Waals surface area contributed by atoms with Gasteiger partial charge in [0.15, 0.2) is 0 Å². The highest BCUT2D eigenvalue weighted by molar-refractivity contribution is 7.18. The first-order valence-electron chi connectivity index (χ1n) is 11.9. The highest BCUT2D eigenvalue weighted by Crippen LogP contribution is 2.35. The van der Waals surface area contributed by atoms with E-state index in [0.29, 0.717) is 37.2 Å². The molecule has 2 N–H and O–H groups in total. The topological polar surface area (TPSA) is 69.2 Å². The highest BCUT2D eigenvalue weighted by atomic mass is 32.1. The van der Waals surface area contributed by atoms with Gasteiger partial charge in [-0.1, -0.05) is 51.1 Å². The van der Waals surface area contributed by atoms with Gasteiger partial charge in [-0.2, -0.15) is 0 Å². The summed E-state index contributed by atoms with van der Waals surface area (Å²) in [5, 5.41) is 11.6. The second-order valence-electron chi connectivity index (χ2n) is 9.81. The van der Waals surface area contributed by atoms with E-state index in [4.69, 9.17) is 4.98 Å². The van der Waals surface area contributed by atoms with Gasteiger partial charge in [-0.05, 0) is 61.6 Å². The van der Waals surface area contributed by atoms with Gasteiger partial charge in [-0.3, -0.25) is 9.69 Å². The second-order valence-corrected chi connectivity index (χ2v) is 10.9. The van der Waals surface area contributed by atoms with Gasteiger partial charge < -0.3 is 10.1 Å². The van der Waals surface area contributed by atoms with Crippen molar-refractivity contribution in [2.45, 2.75) is 65.5 Å². The zero-order chi connectivity index (χ0) is 22.7. The maximum atomic E-state index is 13.0. The number of hydrogen-bond donors (Lipinski definition) is 2. The summed E-state index contributed by atoms with van der Waals surface area (Å²) in [6.45, 7) is 8.67. The van der Waals surface area contributed by atoms with Crippen molar-refractivity contribution in [1.82, 2.24) is 14.9 Å². The van der Waals surface area contributed by atoms with Gasteiger partial charge in [0.25, 0.3) is 5.56 Å². The van der Waals surface area contributed by atoms with E-state index in [9.17, 15) is 9.90 Å². The van der Waals surface area contributed by atoms with E-state index >= 15 is 0 Å². The van der Waals surface area contributed by atoms with Crippen LogP contribution >= 0.6 is 11.3 Å². The normalized spacial score (nSPS) is 17.2. The Hall–Kier alpha value is -2.02. The van der Waals surface area contributed by atoms with E-state index in [0.717, 1.165) is 48.0 Å². The zero-order valence-electron chi connectivity index (χ0n) is 19.4. The number of rotatable bonds is 9. The number of aliphatic hydroxyl groups is 1. The fourth-order valence-corrected chi connectivity index (χ4v) is 6.01. The molecule has 3 aromatic rings. The Kier molecular flexibility index (Phi) is 7.44. The maximum absolute atomic E-state index is 13.0. The van der Waals surface area contributed by atoms with Gasteiger partial charge in [0.05, 0.1) is 18.0 Å². The molecular formula is C26H35N3O2S. The molecule has 6 heteroatoms. The Bertz CT molecular complexity index is 1090. The smallest absolute Gasteiger partial charge is 0.259 e. The van der Waals surface area contributed by atoms with Crippen molar-refractivity contribution in [3.63, 3.8) is 0 Å². The predicted octanol–water partition coefficient (Wildman–Crippen LogP) is 4.56. The van der Waals surface area contributed by atoms with Crippen LogP contribution in [0.2, 0.25) is 0 Å². The molecule has 172 valence electrons. The summed E-state index contributed by atoms with van der Waals surface area (Å²) in [5.41, 5.74) is 2.35. The SMILES string of the molecule is CC(C)CCN(Cc1nc2sc3c(c2c(=O)[nH]1)CC[C@@H](C)C3)C[C@@H](O)Cc1ccccc1. The molecule has 5 nitrogen and oxygen atoms in total. The molecule has 1 aromatic carbocycles. The van der Waals surface area contributed by atoms with Crippen LogP contribution in [0.1, 0.15) is 55.4 Å². The minimum atomic E-state index is -0.462. The van der Waals surface area contributed by atoms with E-state index in [2.05, 4.69) is 30.7 Å². The van der Waals surface area contributed by atoms with Gasteiger partial charge in [-0.25, -0.2) is 4.98 Å². The molecule has 0 fully saturated rings. The molecule has 0 saturated carbocycles. The maximum Gasteiger partial charge on any atom is 0.259 e. The van der Waals surface area contributed by atoms with E-state index in [1.807, 2.05) is 30.3 Å². The number of aromatic amines is 1. The molecule has 4 rings (SSSR count). The van der Waals surface area contributed by atoms with E-state index in [-0.39, 0.29) is 5.56 Å². The molecular weight excluding hydrogens is 418 g/mol. The van der Waals surface area contributed by atoms with Gasteiger partial charge in [0, 0.05) is 11.4 Å². The Labute approximate surface area is 194 Å². The number of nitrogens with one attached hydrogen (secondary N) is 1. The largest absolute Gasteiger partial charge is 0.391 e. The van der Waals surface area contributed by atoms with Crippen LogP contribution in [-0.4, -0.2) is 39.2 Å². The van der Waals surface area contributed by atoms with Gasteiger partial charge in [-0.15, -0.1) is 11.3 Å². The lowest BCUT2D eigenvalue weighted by molar-refractivity contribution is 0.104. The van der Waals surface area contributed by atoms with Crippen LogP contribution in [0.5, 0.6) is 0 Å². The van der Waals surface area contributed by atoms with Gasteiger partial charge in [0.2, 0.25) is 0 Å². The zero-order valence-corrected chi connectivity index (χ0v) is 20.3. The summed E-state index contributed by atoms with van der Waals surface area (Å²) in [5.74, 6) is 1.95. The number of hydrogen-bond acceptors (Lipinski definition) is 5. The number of nitrogens with zero attached hydrogens (tertiary/aromatic N) is 2. The summed E-state index contributed by atoms with van der Waals surface area (Å²) >= 11 is 1.69. The first-order valence-corrected chi connectivity index (χ1v) is 12.7. The lowest BCUT2D eigenvalue weighted by Gasteiger charge is -2.25. The van der Waals surface area contributed by atoms with E-state index < -0.39 is 6.10 Å². The fourth-order valence-electron chi connectivity index (χ4n) is 4.60. The van der Waals surface area contributed by atoms with Crippen LogP contribution in [0.3, 0.4) is 0 Å². The Morgan fingerprint density at radius 3 is 2.81 bits per heavy atom. The van der Waals surface area contributed by atoms with Crippen molar-refractivity contribution in [1.29, 1.82) is 0 Å². The van der Waals surface area contributed by atoms with Crippen LogP contribution in [0, 0.1) is 11.8 Å². The first kappa shape index (κ1) is 23.1. The standard InChI is InChI=1S/C26H35N3O2S/c1-17(2)11-12-29(15-20(30)14-19-7-5-4-6-8-19)16-23-27-25(31)24-21-10-9-18(3)13-22(21)32-26(24)28-23/h4-8,17-18,20,30H,9-16H2,1-3H3,(H,27,28,31)/t18-,20+/m1/s1. The number of thiophene rings is 1. The minimum Gasteiger partial charge on any atom is -0.391 e. The van der Waals surface area contributed by atoms with Crippen molar-refractivity contribution < 1.29 is 5.11 Å². The average molecular weight is 454 g/mol. The lowest BCUT2D eigenvalue weighted by atomic mass is 9.89. The first-order chi connectivity index (χ1) is 15.4. The summed E-state index contributed by atoms with van der Waals surface area (Å²) < 4.78 is 0. The van der Waals surface area contributed by atoms with Crippen molar-refractivity contribution in [3.8, 4) is 0 Å². The van der Waals surface area contributed by atoms with Crippen LogP contribution in [0.25, 0.3) is 10.2 Å². The number of benzene rings is 1.